The molecule has 1 aromatic rings. The van der Waals surface area contributed by atoms with Crippen LogP contribution in [0.3, 0.4) is 0 Å². The Morgan fingerprint density at radius 1 is 1.50 bits per heavy atom. The van der Waals surface area contributed by atoms with E-state index in [4.69, 9.17) is 0 Å². The van der Waals surface area contributed by atoms with Gasteiger partial charge in [0.2, 0.25) is 0 Å². The second-order valence-corrected chi connectivity index (χ2v) is 3.54. The zero-order valence-electron chi connectivity index (χ0n) is 6.72. The van der Waals surface area contributed by atoms with Gasteiger partial charge in [0, 0.05) is 4.47 Å². The molecule has 0 aromatic heterocycles. The van der Waals surface area contributed by atoms with E-state index in [1.807, 2.05) is 6.92 Å². The Balaban J connectivity index is 3.00. The lowest BCUT2D eigenvalue weighted by atomic mass is 10.1. The first-order chi connectivity index (χ1) is 5.63. The zero-order chi connectivity index (χ0) is 9.14. The summed E-state index contributed by atoms with van der Waals surface area (Å²) in [7, 11) is 0. The summed E-state index contributed by atoms with van der Waals surface area (Å²) >= 11 is 3.16. The van der Waals surface area contributed by atoms with Gasteiger partial charge in [-0.3, -0.25) is 0 Å². The van der Waals surface area contributed by atoms with Crippen LogP contribution in [0.4, 0.5) is 4.39 Å². The molecule has 1 atom stereocenters. The normalized spacial score (nSPS) is 13.0. The molecule has 0 spiro atoms. The fraction of sp³-hybridized carbons (Fsp3) is 0.333. The van der Waals surface area contributed by atoms with Crippen LogP contribution in [-0.2, 0) is 0 Å². The molecule has 0 saturated heterocycles. The predicted molar refractivity (Wildman–Crippen MR) is 49.4 cm³/mol. The van der Waals surface area contributed by atoms with Crippen molar-refractivity contribution in [2.24, 2.45) is 0 Å². The Kier molecular flexibility index (Phi) is 3.23. The van der Waals surface area contributed by atoms with E-state index in [1.54, 1.807) is 6.07 Å². The molecule has 0 saturated carbocycles. The molecule has 0 unspecified atom stereocenters. The monoisotopic (exact) mass is 232 g/mol. The first-order valence-corrected chi connectivity index (χ1v) is 4.57. The van der Waals surface area contributed by atoms with Crippen LogP contribution < -0.4 is 0 Å². The Morgan fingerprint density at radius 3 is 2.67 bits per heavy atom. The SMILES string of the molecule is CC[C@@H](O)c1cc(F)cc(Br)c1. The standard InChI is InChI=1S/C9H10BrFO/c1-2-9(12)6-3-7(10)5-8(11)4-6/h3-5,9,12H,2H2,1H3/t9-/m1/s1. The fourth-order valence-electron chi connectivity index (χ4n) is 1.00. The van der Waals surface area contributed by atoms with Crippen molar-refractivity contribution in [1.29, 1.82) is 0 Å². The molecule has 1 rings (SSSR count). The van der Waals surface area contributed by atoms with Crippen LogP contribution in [0.5, 0.6) is 0 Å². The minimum atomic E-state index is -0.572. The van der Waals surface area contributed by atoms with E-state index < -0.39 is 6.10 Å². The summed E-state index contributed by atoms with van der Waals surface area (Å²) in [6.07, 6.45) is 0.0209. The summed E-state index contributed by atoms with van der Waals surface area (Å²) in [5, 5.41) is 9.39. The van der Waals surface area contributed by atoms with Crippen LogP contribution in [0.1, 0.15) is 25.0 Å². The molecule has 1 nitrogen and oxygen atoms in total. The Hall–Kier alpha value is -0.410. The van der Waals surface area contributed by atoms with Crippen LogP contribution in [0.25, 0.3) is 0 Å². The molecule has 1 N–H and O–H groups in total. The van der Waals surface area contributed by atoms with E-state index in [1.165, 1.54) is 12.1 Å². The van der Waals surface area contributed by atoms with Crippen LogP contribution in [0.2, 0.25) is 0 Å². The van der Waals surface area contributed by atoms with Gasteiger partial charge < -0.3 is 5.11 Å². The second kappa shape index (κ2) is 4.01. The minimum Gasteiger partial charge on any atom is -0.388 e. The fourth-order valence-corrected chi connectivity index (χ4v) is 1.49. The van der Waals surface area contributed by atoms with Gasteiger partial charge in [0.25, 0.3) is 0 Å². The Labute approximate surface area is 79.4 Å². The molecule has 0 bridgehead atoms. The third kappa shape index (κ3) is 2.29. The van der Waals surface area contributed by atoms with Crippen molar-refractivity contribution >= 4 is 15.9 Å². The smallest absolute Gasteiger partial charge is 0.124 e. The Bertz CT molecular complexity index is 255. The van der Waals surface area contributed by atoms with Gasteiger partial charge in [-0.05, 0) is 30.2 Å². The number of hydrogen-bond acceptors (Lipinski definition) is 1. The van der Waals surface area contributed by atoms with Crippen molar-refractivity contribution in [3.63, 3.8) is 0 Å². The number of hydrogen-bond donors (Lipinski definition) is 1. The lowest BCUT2D eigenvalue weighted by molar-refractivity contribution is 0.173. The van der Waals surface area contributed by atoms with Crippen LogP contribution in [0, 0.1) is 5.82 Å². The van der Waals surface area contributed by atoms with Gasteiger partial charge in [0.05, 0.1) is 6.10 Å². The topological polar surface area (TPSA) is 20.2 Å². The highest BCUT2D eigenvalue weighted by Crippen LogP contribution is 2.21. The number of rotatable bonds is 2. The highest BCUT2D eigenvalue weighted by Gasteiger charge is 2.06. The maximum atomic E-state index is 12.8. The first kappa shape index (κ1) is 9.68. The third-order valence-corrected chi connectivity index (χ3v) is 2.11. The van der Waals surface area contributed by atoms with Gasteiger partial charge in [0.1, 0.15) is 5.82 Å². The highest BCUT2D eigenvalue weighted by atomic mass is 79.9. The molecule has 0 heterocycles. The molecule has 0 radical (unpaired) electrons. The summed E-state index contributed by atoms with van der Waals surface area (Å²) in [6, 6.07) is 4.43. The average Bonchev–Trinajstić information content (AvgIpc) is 2.01. The highest BCUT2D eigenvalue weighted by molar-refractivity contribution is 9.10. The molecule has 0 aliphatic rings. The van der Waals surface area contributed by atoms with E-state index in [0.29, 0.717) is 16.5 Å². The molecular weight excluding hydrogens is 223 g/mol. The van der Waals surface area contributed by atoms with Crippen molar-refractivity contribution in [2.75, 3.05) is 0 Å². The molecule has 0 amide bonds. The van der Waals surface area contributed by atoms with Crippen molar-refractivity contribution in [1.82, 2.24) is 0 Å². The van der Waals surface area contributed by atoms with Gasteiger partial charge in [0.15, 0.2) is 0 Å². The summed E-state index contributed by atoms with van der Waals surface area (Å²) in [5.41, 5.74) is 0.615. The average molecular weight is 233 g/mol. The lowest BCUT2D eigenvalue weighted by Gasteiger charge is -2.08. The quantitative estimate of drug-likeness (QED) is 0.832. The number of aliphatic hydroxyl groups excluding tert-OH is 1. The van der Waals surface area contributed by atoms with E-state index in [-0.39, 0.29) is 5.82 Å². The molecule has 0 aliphatic heterocycles. The maximum Gasteiger partial charge on any atom is 0.124 e. The third-order valence-electron chi connectivity index (χ3n) is 1.66. The zero-order valence-corrected chi connectivity index (χ0v) is 8.31. The van der Waals surface area contributed by atoms with E-state index in [9.17, 15) is 9.50 Å². The summed E-state index contributed by atoms with van der Waals surface area (Å²) in [5.74, 6) is -0.327. The molecule has 1 aromatic carbocycles. The van der Waals surface area contributed by atoms with E-state index in [2.05, 4.69) is 15.9 Å². The molecule has 0 fully saturated rings. The first-order valence-electron chi connectivity index (χ1n) is 3.77. The van der Waals surface area contributed by atoms with Gasteiger partial charge in [-0.2, -0.15) is 0 Å². The minimum absolute atomic E-state index is 0.327. The van der Waals surface area contributed by atoms with Crippen LogP contribution in [-0.4, -0.2) is 5.11 Å². The number of halogens is 2. The largest absolute Gasteiger partial charge is 0.388 e. The van der Waals surface area contributed by atoms with E-state index >= 15 is 0 Å². The van der Waals surface area contributed by atoms with Crippen molar-refractivity contribution in [2.45, 2.75) is 19.4 Å². The summed E-state index contributed by atoms with van der Waals surface area (Å²) < 4.78 is 13.4. The number of aliphatic hydroxyl groups is 1. The van der Waals surface area contributed by atoms with Crippen molar-refractivity contribution in [3.8, 4) is 0 Å². The molecule has 66 valence electrons. The second-order valence-electron chi connectivity index (χ2n) is 2.63. The molecule has 3 heteroatoms. The van der Waals surface area contributed by atoms with Gasteiger partial charge in [-0.25, -0.2) is 4.39 Å². The van der Waals surface area contributed by atoms with Crippen LogP contribution >= 0.6 is 15.9 Å². The van der Waals surface area contributed by atoms with Crippen LogP contribution in [0.15, 0.2) is 22.7 Å². The molecule has 12 heavy (non-hydrogen) atoms. The van der Waals surface area contributed by atoms with Crippen molar-refractivity contribution < 1.29 is 9.50 Å². The van der Waals surface area contributed by atoms with Gasteiger partial charge in [-0.15, -0.1) is 0 Å². The Morgan fingerprint density at radius 2 is 2.17 bits per heavy atom. The molecule has 0 aliphatic carbocycles. The predicted octanol–water partition coefficient (Wildman–Crippen LogP) is 3.03. The van der Waals surface area contributed by atoms with Crippen molar-refractivity contribution in [3.05, 3.63) is 34.1 Å². The van der Waals surface area contributed by atoms with E-state index in [0.717, 1.165) is 0 Å². The molecular formula is C9H10BrFO. The summed E-state index contributed by atoms with van der Waals surface area (Å²) in [4.78, 5) is 0. The summed E-state index contributed by atoms with van der Waals surface area (Å²) in [6.45, 7) is 1.85. The van der Waals surface area contributed by atoms with Gasteiger partial charge in [-0.1, -0.05) is 22.9 Å². The maximum absolute atomic E-state index is 12.8. The lowest BCUT2D eigenvalue weighted by Crippen LogP contribution is -1.95. The number of benzene rings is 1. The van der Waals surface area contributed by atoms with Gasteiger partial charge >= 0.3 is 0 Å².